The van der Waals surface area contributed by atoms with Gasteiger partial charge in [-0.3, -0.25) is 9.69 Å². The van der Waals surface area contributed by atoms with Gasteiger partial charge < -0.3 is 14.4 Å². The predicted molar refractivity (Wildman–Crippen MR) is 68.7 cm³/mol. The van der Waals surface area contributed by atoms with Gasteiger partial charge in [-0.25, -0.2) is 4.79 Å². The minimum absolute atomic E-state index is 0.149. The third-order valence-corrected chi connectivity index (χ3v) is 3.55. The highest BCUT2D eigenvalue weighted by Crippen LogP contribution is 2.27. The third kappa shape index (κ3) is 3.00. The van der Waals surface area contributed by atoms with E-state index in [9.17, 15) is 9.59 Å². The number of fused-ring (bicyclic) bond motifs is 2. The van der Waals surface area contributed by atoms with E-state index in [4.69, 9.17) is 9.47 Å². The number of amides is 1. The highest BCUT2D eigenvalue weighted by Gasteiger charge is 2.45. The van der Waals surface area contributed by atoms with Crippen LogP contribution in [0, 0.1) is 0 Å². The Morgan fingerprint density at radius 2 is 1.89 bits per heavy atom. The molecule has 6 heteroatoms. The zero-order chi connectivity index (χ0) is 14.2. The van der Waals surface area contributed by atoms with Gasteiger partial charge >= 0.3 is 12.1 Å². The average molecular weight is 270 g/mol. The molecule has 0 N–H and O–H groups in total. The van der Waals surface area contributed by atoms with Crippen molar-refractivity contribution in [2.24, 2.45) is 0 Å². The van der Waals surface area contributed by atoms with Crippen molar-refractivity contribution in [3.63, 3.8) is 0 Å². The van der Waals surface area contributed by atoms with Gasteiger partial charge in [0, 0.05) is 19.1 Å². The summed E-state index contributed by atoms with van der Waals surface area (Å²) in [7, 11) is 1.38. The highest BCUT2D eigenvalue weighted by atomic mass is 16.6. The molecule has 2 bridgehead atoms. The maximum Gasteiger partial charge on any atom is 0.410 e. The molecule has 0 radical (unpaired) electrons. The molecule has 6 nitrogen and oxygen atoms in total. The van der Waals surface area contributed by atoms with Gasteiger partial charge in [-0.05, 0) is 27.2 Å². The number of hydrogen-bond donors (Lipinski definition) is 0. The fraction of sp³-hybridized carbons (Fsp3) is 0.846. The van der Waals surface area contributed by atoms with Crippen LogP contribution in [0.3, 0.4) is 0 Å². The Kier molecular flexibility index (Phi) is 3.71. The van der Waals surface area contributed by atoms with Crippen LogP contribution in [0.15, 0.2) is 0 Å². The summed E-state index contributed by atoms with van der Waals surface area (Å²) < 4.78 is 10.2. The second-order valence-electron chi connectivity index (χ2n) is 6.11. The molecule has 2 rings (SSSR count). The van der Waals surface area contributed by atoms with Crippen molar-refractivity contribution >= 4 is 12.1 Å². The van der Waals surface area contributed by atoms with Crippen molar-refractivity contribution in [2.45, 2.75) is 44.9 Å². The van der Waals surface area contributed by atoms with E-state index in [1.807, 2.05) is 20.8 Å². The quantitative estimate of drug-likeness (QED) is 0.661. The molecular formula is C13H22N2O4. The fourth-order valence-corrected chi connectivity index (χ4v) is 2.66. The van der Waals surface area contributed by atoms with Crippen molar-refractivity contribution in [3.8, 4) is 0 Å². The Hall–Kier alpha value is -1.30. The maximum absolute atomic E-state index is 12.2. The smallest absolute Gasteiger partial charge is 0.410 e. The van der Waals surface area contributed by atoms with Crippen LogP contribution >= 0.6 is 0 Å². The molecule has 2 fully saturated rings. The summed E-state index contributed by atoms with van der Waals surface area (Å²) in [5.74, 6) is -0.283. The summed E-state index contributed by atoms with van der Waals surface area (Å²) in [5, 5.41) is 0. The van der Waals surface area contributed by atoms with Gasteiger partial charge in [0.25, 0.3) is 0 Å². The molecule has 0 aromatic rings. The van der Waals surface area contributed by atoms with Crippen molar-refractivity contribution in [1.82, 2.24) is 9.80 Å². The second-order valence-corrected chi connectivity index (χ2v) is 6.11. The van der Waals surface area contributed by atoms with Gasteiger partial charge in [0.15, 0.2) is 0 Å². The number of methoxy groups -OCH3 is 1. The lowest BCUT2D eigenvalue weighted by Gasteiger charge is -2.39. The summed E-state index contributed by atoms with van der Waals surface area (Å²) in [4.78, 5) is 27.7. The lowest BCUT2D eigenvalue weighted by molar-refractivity contribution is -0.148. The standard InChI is InChI=1S/C13H22N2O4/c1-13(2,3)19-12(17)15-8-10(11(16)18-4)14-6-5-9(15)7-14/h9-10H,5-8H2,1-4H3. The molecule has 1 amide bonds. The molecular weight excluding hydrogens is 248 g/mol. The molecule has 0 aromatic heterocycles. The zero-order valence-corrected chi connectivity index (χ0v) is 12.0. The van der Waals surface area contributed by atoms with E-state index in [0.717, 1.165) is 19.5 Å². The fourth-order valence-electron chi connectivity index (χ4n) is 2.66. The second kappa shape index (κ2) is 5.00. The first kappa shape index (κ1) is 14.1. The van der Waals surface area contributed by atoms with Crippen LogP contribution < -0.4 is 0 Å². The van der Waals surface area contributed by atoms with Crippen LogP contribution in [0.1, 0.15) is 27.2 Å². The number of rotatable bonds is 1. The van der Waals surface area contributed by atoms with Gasteiger partial charge in [0.1, 0.15) is 11.6 Å². The van der Waals surface area contributed by atoms with Crippen molar-refractivity contribution in [3.05, 3.63) is 0 Å². The molecule has 0 aromatic carbocycles. The number of esters is 1. The van der Waals surface area contributed by atoms with Gasteiger partial charge in [0.05, 0.1) is 13.7 Å². The number of carbonyl (C=O) groups is 2. The molecule has 2 aliphatic heterocycles. The monoisotopic (exact) mass is 270 g/mol. The molecule has 0 spiro atoms. The summed E-state index contributed by atoms with van der Waals surface area (Å²) in [5.41, 5.74) is -0.520. The van der Waals surface area contributed by atoms with Gasteiger partial charge in [-0.1, -0.05) is 0 Å². The molecule has 108 valence electrons. The molecule has 2 aliphatic rings. The maximum atomic E-state index is 12.2. The topological polar surface area (TPSA) is 59.1 Å². The van der Waals surface area contributed by atoms with E-state index < -0.39 is 5.60 Å². The summed E-state index contributed by atoms with van der Waals surface area (Å²) in [6, 6.07) is -0.216. The Balaban J connectivity index is 2.08. The number of ether oxygens (including phenoxy) is 2. The van der Waals surface area contributed by atoms with E-state index >= 15 is 0 Å². The molecule has 0 aliphatic carbocycles. The van der Waals surface area contributed by atoms with Crippen molar-refractivity contribution in [1.29, 1.82) is 0 Å². The molecule has 2 heterocycles. The summed E-state index contributed by atoms with van der Waals surface area (Å²) in [6.07, 6.45) is 0.542. The number of piperazine rings is 1. The largest absolute Gasteiger partial charge is 0.468 e. The first-order valence-corrected chi connectivity index (χ1v) is 6.63. The molecule has 2 saturated heterocycles. The summed E-state index contributed by atoms with van der Waals surface area (Å²) >= 11 is 0. The van der Waals surface area contributed by atoms with Gasteiger partial charge in [0.2, 0.25) is 0 Å². The lowest BCUT2D eigenvalue weighted by atomic mass is 10.1. The van der Waals surface area contributed by atoms with Crippen LogP contribution in [0.4, 0.5) is 4.79 Å². The first-order valence-electron chi connectivity index (χ1n) is 6.63. The van der Waals surface area contributed by atoms with Gasteiger partial charge in [-0.2, -0.15) is 0 Å². The van der Waals surface area contributed by atoms with Crippen LogP contribution in [0.5, 0.6) is 0 Å². The van der Waals surface area contributed by atoms with Crippen LogP contribution in [-0.4, -0.2) is 66.3 Å². The van der Waals surface area contributed by atoms with E-state index in [-0.39, 0.29) is 24.1 Å². The minimum atomic E-state index is -0.520. The predicted octanol–water partition coefficient (Wildman–Crippen LogP) is 0.853. The Labute approximate surface area is 113 Å². The lowest BCUT2D eigenvalue weighted by Crippen LogP contribution is -2.58. The van der Waals surface area contributed by atoms with Crippen LogP contribution in [-0.2, 0) is 14.3 Å². The van der Waals surface area contributed by atoms with E-state index in [1.165, 1.54) is 7.11 Å². The van der Waals surface area contributed by atoms with E-state index in [2.05, 4.69) is 4.90 Å². The normalized spacial score (nSPS) is 30.1. The minimum Gasteiger partial charge on any atom is -0.468 e. The van der Waals surface area contributed by atoms with Crippen LogP contribution in [0.2, 0.25) is 0 Å². The van der Waals surface area contributed by atoms with Crippen molar-refractivity contribution < 1.29 is 19.1 Å². The van der Waals surface area contributed by atoms with E-state index in [0.29, 0.717) is 6.54 Å². The molecule has 3 unspecified atom stereocenters. The summed E-state index contributed by atoms with van der Waals surface area (Å²) in [6.45, 7) is 7.42. The average Bonchev–Trinajstić information content (AvgIpc) is 2.70. The Morgan fingerprint density at radius 1 is 1.21 bits per heavy atom. The number of hydrogen-bond acceptors (Lipinski definition) is 5. The Morgan fingerprint density at radius 3 is 2.47 bits per heavy atom. The highest BCUT2D eigenvalue weighted by molar-refractivity contribution is 5.78. The van der Waals surface area contributed by atoms with Crippen LogP contribution in [0.25, 0.3) is 0 Å². The third-order valence-electron chi connectivity index (χ3n) is 3.55. The Bertz CT molecular complexity index is 377. The van der Waals surface area contributed by atoms with E-state index in [1.54, 1.807) is 4.90 Å². The number of carbonyl (C=O) groups excluding carboxylic acids is 2. The SMILES string of the molecule is COC(=O)C1CN(C(=O)OC(C)(C)C)C2CCN1C2. The van der Waals surface area contributed by atoms with Gasteiger partial charge in [-0.15, -0.1) is 0 Å². The molecule has 3 atom stereocenters. The number of nitrogens with zero attached hydrogens (tertiary/aromatic N) is 2. The van der Waals surface area contributed by atoms with Crippen molar-refractivity contribution in [2.75, 3.05) is 26.7 Å². The zero-order valence-electron chi connectivity index (χ0n) is 12.0. The molecule has 0 saturated carbocycles. The first-order chi connectivity index (χ1) is 8.81. The molecule has 19 heavy (non-hydrogen) atoms.